The molecule has 0 bridgehead atoms. The van der Waals surface area contributed by atoms with Gasteiger partial charge in [0.15, 0.2) is 0 Å². The predicted molar refractivity (Wildman–Crippen MR) is 73.7 cm³/mol. The Labute approximate surface area is 122 Å². The molecule has 0 aromatic heterocycles. The van der Waals surface area contributed by atoms with E-state index in [1.54, 1.807) is 13.8 Å². The Kier molecular flexibility index (Phi) is 6.50. The molecule has 1 aromatic carbocycles. The molecule has 0 aliphatic rings. The summed E-state index contributed by atoms with van der Waals surface area (Å²) >= 11 is 0. The van der Waals surface area contributed by atoms with Crippen molar-refractivity contribution in [3.63, 3.8) is 0 Å². The van der Waals surface area contributed by atoms with Crippen LogP contribution in [0.1, 0.15) is 25.0 Å². The fraction of sp³-hybridized carbons (Fsp3) is 0.462. The maximum atomic E-state index is 12.5. The Balaban J connectivity index is 0.00000361. The summed E-state index contributed by atoms with van der Waals surface area (Å²) < 4.78 is 37.5. The molecule has 20 heavy (non-hydrogen) atoms. The van der Waals surface area contributed by atoms with Gasteiger partial charge in [-0.2, -0.15) is 13.2 Å². The molecule has 0 unspecified atom stereocenters. The average molecular weight is 311 g/mol. The van der Waals surface area contributed by atoms with Crippen molar-refractivity contribution in [2.75, 3.05) is 6.54 Å². The molecule has 0 saturated carbocycles. The van der Waals surface area contributed by atoms with Crippen molar-refractivity contribution in [3.8, 4) is 0 Å². The third kappa shape index (κ3) is 6.77. The maximum Gasteiger partial charge on any atom is 0.416 e. The summed E-state index contributed by atoms with van der Waals surface area (Å²) in [6.45, 7) is 3.76. The maximum absolute atomic E-state index is 12.5. The number of carbonyl (C=O) groups excluding carboxylic acids is 1. The normalized spacial score (nSPS) is 11.7. The highest BCUT2D eigenvalue weighted by molar-refractivity contribution is 5.85. The number of carbonyl (C=O) groups is 1. The number of hydrogen-bond acceptors (Lipinski definition) is 2. The van der Waals surface area contributed by atoms with E-state index in [1.807, 2.05) is 0 Å². The highest BCUT2D eigenvalue weighted by Crippen LogP contribution is 2.29. The molecule has 3 nitrogen and oxygen atoms in total. The molecule has 1 amide bonds. The van der Waals surface area contributed by atoms with Gasteiger partial charge in [0.25, 0.3) is 0 Å². The van der Waals surface area contributed by atoms with Crippen LogP contribution < -0.4 is 11.1 Å². The molecular formula is C13H18ClF3N2O. The number of halogens is 4. The van der Waals surface area contributed by atoms with Crippen molar-refractivity contribution >= 4 is 18.3 Å². The molecule has 0 spiro atoms. The van der Waals surface area contributed by atoms with Gasteiger partial charge in [-0.25, -0.2) is 0 Å². The lowest BCUT2D eigenvalue weighted by Gasteiger charge is -2.19. The third-order valence-electron chi connectivity index (χ3n) is 2.36. The van der Waals surface area contributed by atoms with Crippen molar-refractivity contribution in [3.05, 3.63) is 35.4 Å². The average Bonchev–Trinajstić information content (AvgIpc) is 2.25. The van der Waals surface area contributed by atoms with Crippen molar-refractivity contribution in [1.29, 1.82) is 0 Å². The van der Waals surface area contributed by atoms with Gasteiger partial charge >= 0.3 is 6.18 Å². The lowest BCUT2D eigenvalue weighted by molar-refractivity contribution is -0.137. The topological polar surface area (TPSA) is 55.1 Å². The largest absolute Gasteiger partial charge is 0.416 e. The van der Waals surface area contributed by atoms with Crippen LogP contribution in [0.25, 0.3) is 0 Å². The molecule has 1 rings (SSSR count). The Morgan fingerprint density at radius 1 is 1.30 bits per heavy atom. The van der Waals surface area contributed by atoms with E-state index in [1.165, 1.54) is 12.1 Å². The second-order valence-corrected chi connectivity index (χ2v) is 5.14. The molecule has 0 fully saturated rings. The molecule has 0 radical (unpaired) electrons. The highest BCUT2D eigenvalue weighted by atomic mass is 35.5. The van der Waals surface area contributed by atoms with Crippen LogP contribution in [0.15, 0.2) is 24.3 Å². The minimum Gasteiger partial charge on any atom is -0.354 e. The zero-order chi connectivity index (χ0) is 14.7. The number of nitrogens with two attached hydrogens (primary N) is 1. The number of amides is 1. The van der Waals surface area contributed by atoms with Gasteiger partial charge in [-0.3, -0.25) is 4.79 Å². The van der Waals surface area contributed by atoms with Gasteiger partial charge in [-0.1, -0.05) is 18.2 Å². The lowest BCUT2D eigenvalue weighted by atomic mass is 10.1. The van der Waals surface area contributed by atoms with Gasteiger partial charge < -0.3 is 11.1 Å². The predicted octanol–water partition coefficient (Wildman–Crippen LogP) is 2.52. The van der Waals surface area contributed by atoms with Crippen molar-refractivity contribution < 1.29 is 18.0 Å². The number of alkyl halides is 3. The van der Waals surface area contributed by atoms with Gasteiger partial charge in [0.1, 0.15) is 0 Å². The van der Waals surface area contributed by atoms with Crippen LogP contribution >= 0.6 is 12.4 Å². The van der Waals surface area contributed by atoms with Crippen molar-refractivity contribution in [1.82, 2.24) is 5.32 Å². The van der Waals surface area contributed by atoms with Crippen LogP contribution in [0.2, 0.25) is 0 Å². The van der Waals surface area contributed by atoms with Crippen LogP contribution in [0.4, 0.5) is 13.2 Å². The number of nitrogens with one attached hydrogen (secondary N) is 1. The minimum atomic E-state index is -4.40. The minimum absolute atomic E-state index is 0. The quantitative estimate of drug-likeness (QED) is 0.898. The monoisotopic (exact) mass is 310 g/mol. The molecule has 0 aliphatic carbocycles. The SMILES string of the molecule is CC(C)(N)CNC(=O)Cc1cccc(C(F)(F)F)c1.Cl. The van der Waals surface area contributed by atoms with E-state index in [0.717, 1.165) is 12.1 Å². The van der Waals surface area contributed by atoms with Gasteiger partial charge in [0, 0.05) is 12.1 Å². The summed E-state index contributed by atoms with van der Waals surface area (Å²) in [5.74, 6) is -0.349. The van der Waals surface area contributed by atoms with Crippen molar-refractivity contribution in [2.45, 2.75) is 32.0 Å². The standard InChI is InChI=1S/C13H17F3N2O.ClH/c1-12(2,17)8-18-11(19)7-9-4-3-5-10(6-9)13(14,15)16;/h3-6H,7-8,17H2,1-2H3,(H,18,19);1H. The summed E-state index contributed by atoms with van der Waals surface area (Å²) in [6.07, 6.45) is -4.49. The zero-order valence-electron chi connectivity index (χ0n) is 11.3. The van der Waals surface area contributed by atoms with E-state index in [9.17, 15) is 18.0 Å². The number of rotatable bonds is 4. The van der Waals surface area contributed by atoms with Gasteiger partial charge in [0.05, 0.1) is 12.0 Å². The number of benzene rings is 1. The fourth-order valence-corrected chi connectivity index (χ4v) is 1.43. The molecule has 1 aromatic rings. The van der Waals surface area contributed by atoms with E-state index in [2.05, 4.69) is 5.32 Å². The number of hydrogen-bond donors (Lipinski definition) is 2. The fourth-order valence-electron chi connectivity index (χ4n) is 1.43. The lowest BCUT2D eigenvalue weighted by Crippen LogP contribution is -2.45. The molecule has 0 atom stereocenters. The highest BCUT2D eigenvalue weighted by Gasteiger charge is 2.30. The molecule has 3 N–H and O–H groups in total. The van der Waals surface area contributed by atoms with Crippen LogP contribution in [0.3, 0.4) is 0 Å². The van der Waals surface area contributed by atoms with Crippen LogP contribution in [0.5, 0.6) is 0 Å². The van der Waals surface area contributed by atoms with Gasteiger partial charge in [-0.15, -0.1) is 12.4 Å². The van der Waals surface area contributed by atoms with Crippen LogP contribution in [-0.2, 0) is 17.4 Å². The smallest absolute Gasteiger partial charge is 0.354 e. The van der Waals surface area contributed by atoms with Crippen LogP contribution in [0, 0.1) is 0 Å². The summed E-state index contributed by atoms with van der Waals surface area (Å²) in [7, 11) is 0. The molecule has 0 saturated heterocycles. The van der Waals surface area contributed by atoms with E-state index < -0.39 is 17.3 Å². The first kappa shape index (κ1) is 18.7. The van der Waals surface area contributed by atoms with E-state index in [-0.39, 0.29) is 31.3 Å². The Morgan fingerprint density at radius 2 is 1.90 bits per heavy atom. The van der Waals surface area contributed by atoms with E-state index in [4.69, 9.17) is 5.73 Å². The third-order valence-corrected chi connectivity index (χ3v) is 2.36. The molecule has 7 heteroatoms. The summed E-state index contributed by atoms with van der Waals surface area (Å²) in [6, 6.07) is 4.73. The van der Waals surface area contributed by atoms with Gasteiger partial charge in [0.2, 0.25) is 5.91 Å². The first-order valence-corrected chi connectivity index (χ1v) is 5.80. The Hall–Kier alpha value is -1.27. The Morgan fingerprint density at radius 3 is 2.40 bits per heavy atom. The van der Waals surface area contributed by atoms with E-state index in [0.29, 0.717) is 5.56 Å². The molecular weight excluding hydrogens is 293 g/mol. The molecule has 0 aliphatic heterocycles. The van der Waals surface area contributed by atoms with Crippen LogP contribution in [-0.4, -0.2) is 18.0 Å². The first-order chi connectivity index (χ1) is 8.58. The summed E-state index contributed by atoms with van der Waals surface area (Å²) in [5.41, 5.74) is 4.71. The Bertz CT molecular complexity index is 456. The van der Waals surface area contributed by atoms with Crippen molar-refractivity contribution in [2.24, 2.45) is 5.73 Å². The second-order valence-electron chi connectivity index (χ2n) is 5.14. The summed E-state index contributed by atoms with van der Waals surface area (Å²) in [4.78, 5) is 11.6. The van der Waals surface area contributed by atoms with E-state index >= 15 is 0 Å². The summed E-state index contributed by atoms with van der Waals surface area (Å²) in [5, 5.41) is 2.58. The second kappa shape index (κ2) is 6.95. The first-order valence-electron chi connectivity index (χ1n) is 5.80. The molecule has 0 heterocycles. The zero-order valence-corrected chi connectivity index (χ0v) is 12.1. The molecule has 114 valence electrons. The van der Waals surface area contributed by atoms with Gasteiger partial charge in [-0.05, 0) is 25.5 Å².